The number of ether oxygens (including phenoxy) is 1. The Morgan fingerprint density at radius 2 is 1.88 bits per heavy atom. The number of epoxide rings is 1. The van der Waals surface area contributed by atoms with E-state index >= 15 is 0 Å². The molecule has 16 heavy (non-hydrogen) atoms. The third kappa shape index (κ3) is 1.43. The molecule has 0 saturated carbocycles. The number of carbonyl (C=O) groups excluding carboxylic acids is 1. The number of rotatable bonds is 2. The third-order valence-electron chi connectivity index (χ3n) is 2.61. The van der Waals surface area contributed by atoms with Crippen LogP contribution in [0.1, 0.15) is 12.5 Å². The molecule has 86 valence electrons. The Morgan fingerprint density at radius 3 is 2.25 bits per heavy atom. The summed E-state index contributed by atoms with van der Waals surface area (Å²) in [6.45, 7) is 1.10. The van der Waals surface area contributed by atoms with Gasteiger partial charge in [0.2, 0.25) is 5.60 Å². The molecule has 1 aliphatic heterocycles. The van der Waals surface area contributed by atoms with E-state index in [1.807, 2.05) is 0 Å². The predicted molar refractivity (Wildman–Crippen MR) is 49.7 cm³/mol. The van der Waals surface area contributed by atoms with E-state index in [1.54, 1.807) is 6.07 Å². The highest BCUT2D eigenvalue weighted by Gasteiger charge is 2.76. The lowest BCUT2D eigenvalue weighted by atomic mass is 9.93. The molecule has 5 heteroatoms. The van der Waals surface area contributed by atoms with Crippen molar-refractivity contribution >= 4 is 5.78 Å². The number of Topliss-reactive ketones (excluding diaryl/α,β-unsaturated/α-hetero) is 1. The Balaban J connectivity index is 2.44. The molecule has 0 aromatic heterocycles. The summed E-state index contributed by atoms with van der Waals surface area (Å²) < 4.78 is 43.4. The molecule has 0 amide bonds. The van der Waals surface area contributed by atoms with Crippen molar-refractivity contribution in [2.45, 2.75) is 24.8 Å². The number of hydrogen-bond acceptors (Lipinski definition) is 2. The highest BCUT2D eigenvalue weighted by molar-refractivity contribution is 5.85. The van der Waals surface area contributed by atoms with E-state index in [9.17, 15) is 18.0 Å². The molecule has 1 fully saturated rings. The highest BCUT2D eigenvalue weighted by Crippen LogP contribution is 2.57. The third-order valence-corrected chi connectivity index (χ3v) is 2.61. The molecule has 1 heterocycles. The molecule has 1 saturated heterocycles. The molecule has 2 rings (SSSR count). The average Bonchev–Trinajstić information content (AvgIpc) is 2.94. The molecule has 0 unspecified atom stereocenters. The van der Waals surface area contributed by atoms with Gasteiger partial charge in [-0.2, -0.15) is 13.2 Å². The van der Waals surface area contributed by atoms with Crippen molar-refractivity contribution in [3.05, 3.63) is 35.9 Å². The van der Waals surface area contributed by atoms with Gasteiger partial charge in [-0.3, -0.25) is 4.79 Å². The van der Waals surface area contributed by atoms with E-state index < -0.39 is 23.7 Å². The summed E-state index contributed by atoms with van der Waals surface area (Å²) in [5.74, 6) is -0.610. The summed E-state index contributed by atoms with van der Waals surface area (Å²) in [4.78, 5) is 11.0. The molecule has 1 aromatic rings. The van der Waals surface area contributed by atoms with Crippen LogP contribution in [0.4, 0.5) is 13.2 Å². The topological polar surface area (TPSA) is 29.6 Å². The Kier molecular flexibility index (Phi) is 2.31. The second-order valence-electron chi connectivity index (χ2n) is 3.71. The highest BCUT2D eigenvalue weighted by atomic mass is 19.4. The second kappa shape index (κ2) is 3.31. The van der Waals surface area contributed by atoms with Crippen LogP contribution in [0.2, 0.25) is 0 Å². The van der Waals surface area contributed by atoms with Gasteiger partial charge in [-0.05, 0) is 12.5 Å². The van der Waals surface area contributed by atoms with E-state index in [4.69, 9.17) is 0 Å². The zero-order chi connectivity index (χ0) is 12.0. The van der Waals surface area contributed by atoms with Crippen molar-refractivity contribution in [3.8, 4) is 0 Å². The summed E-state index contributed by atoms with van der Waals surface area (Å²) in [7, 11) is 0. The van der Waals surface area contributed by atoms with Crippen LogP contribution < -0.4 is 0 Å². The summed E-state index contributed by atoms with van der Waals surface area (Å²) >= 11 is 0. The molecule has 1 aromatic carbocycles. The van der Waals surface area contributed by atoms with Gasteiger partial charge in [0.05, 0.1) is 0 Å². The monoisotopic (exact) mass is 230 g/mol. The van der Waals surface area contributed by atoms with E-state index in [2.05, 4.69) is 4.74 Å². The first-order chi connectivity index (χ1) is 7.39. The van der Waals surface area contributed by atoms with Gasteiger partial charge in [0.1, 0.15) is 0 Å². The van der Waals surface area contributed by atoms with Crippen LogP contribution in [-0.4, -0.2) is 18.1 Å². The van der Waals surface area contributed by atoms with Crippen LogP contribution in [0.5, 0.6) is 0 Å². The number of alkyl halides is 3. The zero-order valence-electron chi connectivity index (χ0n) is 8.41. The first kappa shape index (κ1) is 11.1. The van der Waals surface area contributed by atoms with Crippen LogP contribution in [0.3, 0.4) is 0 Å². The van der Waals surface area contributed by atoms with Gasteiger partial charge in [0, 0.05) is 0 Å². The van der Waals surface area contributed by atoms with Gasteiger partial charge in [0.15, 0.2) is 11.9 Å². The average molecular weight is 230 g/mol. The number of hydrogen-bond donors (Lipinski definition) is 0. The predicted octanol–water partition coefficient (Wildman–Crippen LogP) is 2.43. The van der Waals surface area contributed by atoms with Gasteiger partial charge >= 0.3 is 6.18 Å². The molecule has 0 radical (unpaired) electrons. The van der Waals surface area contributed by atoms with E-state index in [-0.39, 0.29) is 5.56 Å². The maximum absolute atomic E-state index is 12.9. The molecule has 0 bridgehead atoms. The van der Waals surface area contributed by atoms with Crippen LogP contribution in [0.15, 0.2) is 30.3 Å². The van der Waals surface area contributed by atoms with E-state index in [1.165, 1.54) is 24.3 Å². The maximum atomic E-state index is 12.9. The molecule has 2 nitrogen and oxygen atoms in total. The first-order valence-electron chi connectivity index (χ1n) is 4.70. The lowest BCUT2D eigenvalue weighted by molar-refractivity contribution is -0.187. The van der Waals surface area contributed by atoms with Gasteiger partial charge in [-0.25, -0.2) is 0 Å². The first-order valence-corrected chi connectivity index (χ1v) is 4.70. The summed E-state index contributed by atoms with van der Waals surface area (Å²) in [6, 6.07) is 7.22. The fraction of sp³-hybridized carbons (Fsp3) is 0.364. The molecule has 1 aliphatic rings. The molecular weight excluding hydrogens is 221 g/mol. The van der Waals surface area contributed by atoms with E-state index in [0.717, 1.165) is 6.92 Å². The normalized spacial score (nSPS) is 28.9. The smallest absolute Gasteiger partial charge is 0.343 e. The number of ketones is 1. The van der Waals surface area contributed by atoms with Gasteiger partial charge in [-0.1, -0.05) is 30.3 Å². The maximum Gasteiger partial charge on any atom is 0.424 e. The Morgan fingerprint density at radius 1 is 1.31 bits per heavy atom. The Labute approximate surface area is 90.0 Å². The largest absolute Gasteiger partial charge is 0.424 e. The number of benzene rings is 1. The van der Waals surface area contributed by atoms with Crippen molar-refractivity contribution in [2.24, 2.45) is 0 Å². The summed E-state index contributed by atoms with van der Waals surface area (Å²) in [6.07, 6.45) is -5.99. The molecule has 0 spiro atoms. The Hall–Kier alpha value is -1.36. The van der Waals surface area contributed by atoms with Crippen LogP contribution in [0.25, 0.3) is 0 Å². The van der Waals surface area contributed by atoms with Crippen molar-refractivity contribution < 1.29 is 22.7 Å². The molecule has 0 N–H and O–H groups in total. The minimum Gasteiger partial charge on any atom is -0.343 e. The fourth-order valence-corrected chi connectivity index (χ4v) is 1.81. The summed E-state index contributed by atoms with van der Waals surface area (Å²) in [5, 5.41) is 0. The van der Waals surface area contributed by atoms with Crippen molar-refractivity contribution in [1.82, 2.24) is 0 Å². The molecule has 2 atom stereocenters. The minimum absolute atomic E-state index is 0.0253. The Bertz CT molecular complexity index is 413. The summed E-state index contributed by atoms with van der Waals surface area (Å²) in [5.41, 5.74) is -2.46. The van der Waals surface area contributed by atoms with Gasteiger partial charge in [-0.15, -0.1) is 0 Å². The SMILES string of the molecule is CC(=O)[C@H]1O[C@]1(c1ccccc1)C(F)(F)F. The van der Waals surface area contributed by atoms with Crippen LogP contribution in [0, 0.1) is 0 Å². The zero-order valence-corrected chi connectivity index (χ0v) is 8.41. The fourth-order valence-electron chi connectivity index (χ4n) is 1.81. The van der Waals surface area contributed by atoms with Crippen molar-refractivity contribution in [3.63, 3.8) is 0 Å². The van der Waals surface area contributed by atoms with Gasteiger partial charge < -0.3 is 4.74 Å². The van der Waals surface area contributed by atoms with Gasteiger partial charge in [0.25, 0.3) is 0 Å². The lowest BCUT2D eigenvalue weighted by Gasteiger charge is -2.16. The second-order valence-corrected chi connectivity index (χ2v) is 3.71. The number of carbonyl (C=O) groups is 1. The molecule has 0 aliphatic carbocycles. The van der Waals surface area contributed by atoms with Crippen LogP contribution in [-0.2, 0) is 15.1 Å². The van der Waals surface area contributed by atoms with Crippen molar-refractivity contribution in [1.29, 1.82) is 0 Å². The van der Waals surface area contributed by atoms with Crippen LogP contribution >= 0.6 is 0 Å². The molecular formula is C11H9F3O2. The number of halogens is 3. The van der Waals surface area contributed by atoms with E-state index in [0.29, 0.717) is 0 Å². The van der Waals surface area contributed by atoms with Crippen molar-refractivity contribution in [2.75, 3.05) is 0 Å². The quantitative estimate of drug-likeness (QED) is 0.730. The minimum atomic E-state index is -4.58. The lowest BCUT2D eigenvalue weighted by Crippen LogP contribution is -2.34. The standard InChI is InChI=1S/C11H9F3O2/c1-7(15)9-10(16-9,11(12,13)14)8-5-3-2-4-6-8/h2-6,9H,1H3/t9-,10+/m1/s1.